The Kier molecular flexibility index (Phi) is 4.10. The summed E-state index contributed by atoms with van der Waals surface area (Å²) in [5.74, 6) is -0.609. The lowest BCUT2D eigenvalue weighted by molar-refractivity contribution is 0.600. The SMILES string of the molecule is NCc1sccc1S(=O)(=O)Nc1ccc(F)c(Cl)c1. The highest BCUT2D eigenvalue weighted by atomic mass is 35.5. The van der Waals surface area contributed by atoms with Gasteiger partial charge in [-0.05, 0) is 29.6 Å². The van der Waals surface area contributed by atoms with Gasteiger partial charge in [0.25, 0.3) is 10.0 Å². The standard InChI is InChI=1S/C11H10ClFN2O2S2/c12-8-5-7(1-2-9(8)13)15-19(16,17)11-3-4-18-10(11)6-14/h1-5,15H,6,14H2. The lowest BCUT2D eigenvalue weighted by atomic mass is 10.3. The number of rotatable bonds is 4. The van der Waals surface area contributed by atoms with Crippen LogP contribution in [0.1, 0.15) is 4.88 Å². The smallest absolute Gasteiger partial charge is 0.263 e. The number of halogens is 2. The number of benzene rings is 1. The minimum absolute atomic E-state index is 0.125. The Balaban J connectivity index is 2.34. The maximum atomic E-state index is 13.0. The van der Waals surface area contributed by atoms with Crippen LogP contribution in [-0.4, -0.2) is 8.42 Å². The highest BCUT2D eigenvalue weighted by Crippen LogP contribution is 2.25. The van der Waals surface area contributed by atoms with E-state index in [1.54, 1.807) is 5.38 Å². The number of hydrogen-bond donors (Lipinski definition) is 2. The Bertz CT molecular complexity index is 700. The number of anilines is 1. The maximum Gasteiger partial charge on any atom is 0.263 e. The van der Waals surface area contributed by atoms with Crippen LogP contribution in [0.15, 0.2) is 34.5 Å². The Morgan fingerprint density at radius 2 is 2.11 bits per heavy atom. The highest BCUT2D eigenvalue weighted by Gasteiger charge is 2.19. The monoisotopic (exact) mass is 320 g/mol. The van der Waals surface area contributed by atoms with E-state index in [4.69, 9.17) is 17.3 Å². The van der Waals surface area contributed by atoms with Gasteiger partial charge in [-0.3, -0.25) is 4.72 Å². The van der Waals surface area contributed by atoms with Gasteiger partial charge in [0, 0.05) is 11.4 Å². The second kappa shape index (κ2) is 5.46. The average molecular weight is 321 g/mol. The molecule has 1 aromatic heterocycles. The minimum atomic E-state index is -3.74. The summed E-state index contributed by atoms with van der Waals surface area (Å²) in [6.07, 6.45) is 0. The van der Waals surface area contributed by atoms with Crippen LogP contribution in [0.3, 0.4) is 0 Å². The van der Waals surface area contributed by atoms with Gasteiger partial charge in [-0.25, -0.2) is 12.8 Å². The van der Waals surface area contributed by atoms with E-state index in [1.165, 1.54) is 29.5 Å². The van der Waals surface area contributed by atoms with E-state index in [9.17, 15) is 12.8 Å². The maximum absolute atomic E-state index is 13.0. The molecular weight excluding hydrogens is 311 g/mol. The molecule has 4 nitrogen and oxygen atoms in total. The third kappa shape index (κ3) is 3.06. The molecule has 1 aromatic carbocycles. The van der Waals surface area contributed by atoms with Gasteiger partial charge in [-0.1, -0.05) is 11.6 Å². The molecule has 0 atom stereocenters. The van der Waals surface area contributed by atoms with Crippen LogP contribution in [0.25, 0.3) is 0 Å². The van der Waals surface area contributed by atoms with Crippen molar-refractivity contribution in [3.8, 4) is 0 Å². The van der Waals surface area contributed by atoms with Crippen LogP contribution in [-0.2, 0) is 16.6 Å². The van der Waals surface area contributed by atoms with Crippen molar-refractivity contribution in [2.45, 2.75) is 11.4 Å². The third-order valence-electron chi connectivity index (χ3n) is 2.35. The van der Waals surface area contributed by atoms with Crippen LogP contribution < -0.4 is 10.5 Å². The molecule has 2 aromatic rings. The lowest BCUT2D eigenvalue weighted by Crippen LogP contribution is -2.14. The Morgan fingerprint density at radius 1 is 1.37 bits per heavy atom. The molecule has 19 heavy (non-hydrogen) atoms. The predicted molar refractivity (Wildman–Crippen MR) is 74.4 cm³/mol. The summed E-state index contributed by atoms with van der Waals surface area (Å²) in [7, 11) is -3.74. The number of sulfonamides is 1. The zero-order valence-corrected chi connectivity index (χ0v) is 11.9. The number of thiophene rings is 1. The second-order valence-corrected chi connectivity index (χ2v) is 6.71. The van der Waals surface area contributed by atoms with Gasteiger partial charge in [0.15, 0.2) is 0 Å². The number of nitrogens with one attached hydrogen (secondary N) is 1. The molecule has 1 heterocycles. The van der Waals surface area contributed by atoms with E-state index in [-0.39, 0.29) is 22.2 Å². The van der Waals surface area contributed by atoms with E-state index in [0.717, 1.165) is 6.07 Å². The van der Waals surface area contributed by atoms with Gasteiger partial charge in [0.1, 0.15) is 10.7 Å². The normalized spacial score (nSPS) is 11.5. The molecule has 0 radical (unpaired) electrons. The van der Waals surface area contributed by atoms with Gasteiger partial charge in [0.05, 0.1) is 10.7 Å². The van der Waals surface area contributed by atoms with E-state index in [2.05, 4.69) is 4.72 Å². The van der Waals surface area contributed by atoms with E-state index in [1.807, 2.05) is 0 Å². The van der Waals surface area contributed by atoms with Crippen molar-refractivity contribution in [1.29, 1.82) is 0 Å². The predicted octanol–water partition coefficient (Wildman–Crippen LogP) is 2.80. The fourth-order valence-corrected chi connectivity index (χ4v) is 4.05. The van der Waals surface area contributed by atoms with Crippen LogP contribution in [0.2, 0.25) is 5.02 Å². The molecule has 2 rings (SSSR count). The van der Waals surface area contributed by atoms with Crippen LogP contribution in [0.5, 0.6) is 0 Å². The molecule has 0 unspecified atom stereocenters. The first kappa shape index (κ1) is 14.3. The molecule has 0 fully saturated rings. The van der Waals surface area contributed by atoms with Crippen molar-refractivity contribution >= 4 is 38.6 Å². The van der Waals surface area contributed by atoms with Crippen molar-refractivity contribution < 1.29 is 12.8 Å². The molecular formula is C11H10ClFN2O2S2. The van der Waals surface area contributed by atoms with Crippen molar-refractivity contribution in [2.24, 2.45) is 5.73 Å². The van der Waals surface area contributed by atoms with Crippen molar-refractivity contribution in [3.05, 3.63) is 45.4 Å². The Morgan fingerprint density at radius 3 is 2.74 bits per heavy atom. The summed E-state index contributed by atoms with van der Waals surface area (Å²) < 4.78 is 39.6. The first-order chi connectivity index (χ1) is 8.94. The van der Waals surface area contributed by atoms with Crippen LogP contribution >= 0.6 is 22.9 Å². The summed E-state index contributed by atoms with van der Waals surface area (Å²) >= 11 is 6.86. The zero-order chi connectivity index (χ0) is 14.0. The van der Waals surface area contributed by atoms with Gasteiger partial charge in [-0.15, -0.1) is 11.3 Å². The average Bonchev–Trinajstić information content (AvgIpc) is 2.82. The lowest BCUT2D eigenvalue weighted by Gasteiger charge is -2.08. The zero-order valence-electron chi connectivity index (χ0n) is 9.56. The molecule has 0 saturated heterocycles. The van der Waals surface area contributed by atoms with E-state index >= 15 is 0 Å². The minimum Gasteiger partial charge on any atom is -0.326 e. The molecule has 0 aliphatic heterocycles. The van der Waals surface area contributed by atoms with Crippen molar-refractivity contribution in [2.75, 3.05) is 4.72 Å². The van der Waals surface area contributed by atoms with Crippen molar-refractivity contribution in [3.63, 3.8) is 0 Å². The summed E-state index contributed by atoms with van der Waals surface area (Å²) in [6, 6.07) is 5.08. The summed E-state index contributed by atoms with van der Waals surface area (Å²) in [5, 5.41) is 1.50. The first-order valence-corrected chi connectivity index (χ1v) is 7.92. The van der Waals surface area contributed by atoms with Crippen molar-refractivity contribution in [1.82, 2.24) is 0 Å². The molecule has 102 valence electrons. The fourth-order valence-electron chi connectivity index (χ4n) is 1.49. The van der Waals surface area contributed by atoms with Crippen LogP contribution in [0, 0.1) is 5.82 Å². The topological polar surface area (TPSA) is 72.2 Å². The van der Waals surface area contributed by atoms with E-state index in [0.29, 0.717) is 4.88 Å². The molecule has 0 aliphatic rings. The van der Waals surface area contributed by atoms with Crippen LogP contribution in [0.4, 0.5) is 10.1 Å². The summed E-state index contributed by atoms with van der Waals surface area (Å²) in [6.45, 7) is 0.137. The van der Waals surface area contributed by atoms with Gasteiger partial charge < -0.3 is 5.73 Å². The Hall–Kier alpha value is -1.15. The molecule has 0 spiro atoms. The number of hydrogen-bond acceptors (Lipinski definition) is 4. The third-order valence-corrected chi connectivity index (χ3v) is 5.18. The molecule has 0 aliphatic carbocycles. The van der Waals surface area contributed by atoms with E-state index < -0.39 is 15.8 Å². The summed E-state index contributed by atoms with van der Waals surface area (Å²) in [4.78, 5) is 0.682. The quantitative estimate of drug-likeness (QED) is 0.910. The molecule has 8 heteroatoms. The second-order valence-electron chi connectivity index (χ2n) is 3.65. The largest absolute Gasteiger partial charge is 0.326 e. The molecule has 0 saturated carbocycles. The van der Waals surface area contributed by atoms with Gasteiger partial charge >= 0.3 is 0 Å². The number of nitrogens with two attached hydrogens (primary N) is 1. The fraction of sp³-hybridized carbons (Fsp3) is 0.0909. The molecule has 0 amide bonds. The first-order valence-electron chi connectivity index (χ1n) is 5.18. The Labute approximate surface area is 119 Å². The highest BCUT2D eigenvalue weighted by molar-refractivity contribution is 7.93. The van der Waals surface area contributed by atoms with Gasteiger partial charge in [0.2, 0.25) is 0 Å². The summed E-state index contributed by atoms with van der Waals surface area (Å²) in [5.41, 5.74) is 5.67. The molecule has 0 bridgehead atoms. The molecule has 3 N–H and O–H groups in total. The van der Waals surface area contributed by atoms with Gasteiger partial charge in [-0.2, -0.15) is 0 Å².